The average Bonchev–Trinajstić information content (AvgIpc) is 3.07. The quantitative estimate of drug-likeness (QED) is 0.385. The van der Waals surface area contributed by atoms with Gasteiger partial charge in [0.1, 0.15) is 15.5 Å². The molecule has 8 nitrogen and oxygen atoms in total. The van der Waals surface area contributed by atoms with Crippen molar-refractivity contribution in [2.45, 2.75) is 0 Å². The number of amides is 1. The van der Waals surface area contributed by atoms with E-state index in [1.165, 1.54) is 22.5 Å². The molecule has 0 bridgehead atoms. The summed E-state index contributed by atoms with van der Waals surface area (Å²) in [5.41, 5.74) is 0.168. The largest absolute Gasteiger partial charge is 0.493 e. The number of fused-ring (bicyclic) bond motifs is 1. The molecule has 1 amide bonds. The molecule has 0 atom stereocenters. The maximum atomic E-state index is 13.3. The van der Waals surface area contributed by atoms with Gasteiger partial charge in [0.15, 0.2) is 11.5 Å². The summed E-state index contributed by atoms with van der Waals surface area (Å²) in [5.74, 6) is 0.648. The minimum atomic E-state index is -0.373. The monoisotopic (exact) mass is 469 g/mol. The molecule has 0 unspecified atom stereocenters. The van der Waals surface area contributed by atoms with Crippen LogP contribution in [0.2, 0.25) is 0 Å². The lowest BCUT2D eigenvalue weighted by Gasteiger charge is -2.13. The van der Waals surface area contributed by atoms with E-state index in [-0.39, 0.29) is 22.9 Å². The molecular formula is C22H19N3O5S2. The Kier molecular flexibility index (Phi) is 6.54. The molecule has 0 radical (unpaired) electrons. The number of aromatic nitrogens is 2. The normalized spacial score (nSPS) is 15.1. The minimum absolute atomic E-state index is 0.0628. The van der Waals surface area contributed by atoms with Crippen LogP contribution in [0.15, 0.2) is 58.4 Å². The second-order valence-electron chi connectivity index (χ2n) is 6.64. The van der Waals surface area contributed by atoms with Crippen LogP contribution in [0.5, 0.6) is 17.4 Å². The molecule has 3 aromatic rings. The number of methoxy groups -OCH3 is 2. The van der Waals surface area contributed by atoms with E-state index in [9.17, 15) is 9.59 Å². The van der Waals surface area contributed by atoms with Crippen molar-refractivity contribution in [3.8, 4) is 17.4 Å². The number of nitrogens with zero attached hydrogens (tertiary/aromatic N) is 3. The van der Waals surface area contributed by atoms with Crippen LogP contribution in [0.25, 0.3) is 11.7 Å². The number of benzene rings is 1. The number of hydrogen-bond acceptors (Lipinski definition) is 8. The third-order valence-corrected chi connectivity index (χ3v) is 6.06. The smallest absolute Gasteiger partial charge is 0.269 e. The number of hydrogen-bond donors (Lipinski definition) is 0. The third kappa shape index (κ3) is 4.24. The summed E-state index contributed by atoms with van der Waals surface area (Å²) in [7, 11) is 3.08. The summed E-state index contributed by atoms with van der Waals surface area (Å²) < 4.78 is 18.2. The van der Waals surface area contributed by atoms with Gasteiger partial charge in [0, 0.05) is 13.3 Å². The van der Waals surface area contributed by atoms with Gasteiger partial charge in [0.2, 0.25) is 5.88 Å². The van der Waals surface area contributed by atoms with Crippen LogP contribution >= 0.6 is 24.0 Å². The lowest BCUT2D eigenvalue weighted by molar-refractivity contribution is -0.122. The Bertz CT molecular complexity index is 1290. The number of carbonyl (C=O) groups is 1. The van der Waals surface area contributed by atoms with Gasteiger partial charge in [-0.1, -0.05) is 42.2 Å². The lowest BCUT2D eigenvalue weighted by Crippen LogP contribution is -2.31. The highest BCUT2D eigenvalue weighted by Crippen LogP contribution is 2.35. The fourth-order valence-corrected chi connectivity index (χ4v) is 4.39. The fraction of sp³-hybridized carbons (Fsp3) is 0.182. The van der Waals surface area contributed by atoms with Gasteiger partial charge >= 0.3 is 0 Å². The van der Waals surface area contributed by atoms with Crippen LogP contribution in [0.3, 0.4) is 0 Å². The van der Waals surface area contributed by atoms with E-state index < -0.39 is 0 Å². The maximum Gasteiger partial charge on any atom is 0.269 e. The zero-order valence-electron chi connectivity index (χ0n) is 17.3. The highest BCUT2D eigenvalue weighted by atomic mass is 32.2. The summed E-state index contributed by atoms with van der Waals surface area (Å²) in [5, 5.41) is 0. The van der Waals surface area contributed by atoms with E-state index in [4.69, 9.17) is 26.4 Å². The molecule has 32 heavy (non-hydrogen) atoms. The van der Waals surface area contributed by atoms with Crippen molar-refractivity contribution in [3.05, 3.63) is 69.5 Å². The van der Waals surface area contributed by atoms with Crippen molar-refractivity contribution in [1.82, 2.24) is 14.3 Å². The molecule has 164 valence electrons. The number of thiocarbonyl (C=S) groups is 1. The first-order chi connectivity index (χ1) is 15.5. The summed E-state index contributed by atoms with van der Waals surface area (Å²) in [4.78, 5) is 32.5. The Labute approximate surface area is 193 Å². The predicted molar refractivity (Wildman–Crippen MR) is 126 cm³/mol. The van der Waals surface area contributed by atoms with E-state index in [1.807, 2.05) is 0 Å². The number of ether oxygens (including phenoxy) is 3. The van der Waals surface area contributed by atoms with E-state index in [0.717, 1.165) is 11.8 Å². The molecule has 0 saturated carbocycles. The Morgan fingerprint density at radius 2 is 1.84 bits per heavy atom. The van der Waals surface area contributed by atoms with Crippen molar-refractivity contribution in [2.75, 3.05) is 27.4 Å². The topological polar surface area (TPSA) is 82.4 Å². The molecule has 0 N–H and O–H groups in total. The molecule has 4 rings (SSSR count). The molecule has 0 aliphatic carbocycles. The Hall–Kier alpha value is -3.21. The average molecular weight is 470 g/mol. The molecule has 0 spiro atoms. The molecule has 3 heterocycles. The molecule has 1 fully saturated rings. The molecule has 1 saturated heterocycles. The summed E-state index contributed by atoms with van der Waals surface area (Å²) in [6.45, 7) is 0.681. The molecule has 1 aromatic carbocycles. The Morgan fingerprint density at radius 3 is 2.59 bits per heavy atom. The number of para-hydroxylation sites is 2. The first-order valence-electron chi connectivity index (χ1n) is 9.60. The second-order valence-corrected chi connectivity index (χ2v) is 8.32. The third-order valence-electron chi connectivity index (χ3n) is 4.68. The van der Waals surface area contributed by atoms with E-state index in [0.29, 0.717) is 39.5 Å². The highest BCUT2D eigenvalue weighted by Gasteiger charge is 2.32. The number of thioether (sulfide) groups is 1. The van der Waals surface area contributed by atoms with Crippen LogP contribution in [-0.2, 0) is 9.53 Å². The van der Waals surface area contributed by atoms with Gasteiger partial charge in [-0.25, -0.2) is 0 Å². The number of pyridine rings is 1. The van der Waals surface area contributed by atoms with Crippen molar-refractivity contribution in [3.63, 3.8) is 0 Å². The molecule has 2 aromatic heterocycles. The predicted octanol–water partition coefficient (Wildman–Crippen LogP) is 3.34. The summed E-state index contributed by atoms with van der Waals surface area (Å²) in [6, 6.07) is 12.2. The molecule has 1 aliphatic heterocycles. The Morgan fingerprint density at radius 1 is 1.09 bits per heavy atom. The Balaban J connectivity index is 1.83. The van der Waals surface area contributed by atoms with Crippen molar-refractivity contribution in [2.24, 2.45) is 0 Å². The van der Waals surface area contributed by atoms with Gasteiger partial charge in [-0.05, 0) is 30.3 Å². The van der Waals surface area contributed by atoms with Gasteiger partial charge < -0.3 is 14.2 Å². The summed E-state index contributed by atoms with van der Waals surface area (Å²) >= 11 is 6.45. The van der Waals surface area contributed by atoms with Crippen molar-refractivity contribution >= 4 is 45.9 Å². The molecule has 10 heteroatoms. The van der Waals surface area contributed by atoms with Crippen LogP contribution in [0, 0.1) is 0 Å². The zero-order chi connectivity index (χ0) is 22.7. The van der Waals surface area contributed by atoms with E-state index in [1.54, 1.807) is 55.8 Å². The van der Waals surface area contributed by atoms with Gasteiger partial charge in [-0.2, -0.15) is 4.98 Å². The van der Waals surface area contributed by atoms with E-state index in [2.05, 4.69) is 4.98 Å². The number of rotatable bonds is 7. The highest BCUT2D eigenvalue weighted by molar-refractivity contribution is 8.26. The van der Waals surface area contributed by atoms with Crippen molar-refractivity contribution < 1.29 is 19.0 Å². The lowest BCUT2D eigenvalue weighted by atomic mass is 10.2. The number of carbonyl (C=O) groups excluding carboxylic acids is 1. The van der Waals surface area contributed by atoms with Gasteiger partial charge in [0.25, 0.3) is 11.5 Å². The van der Waals surface area contributed by atoms with Gasteiger partial charge in [-0.3, -0.25) is 18.9 Å². The van der Waals surface area contributed by atoms with Crippen molar-refractivity contribution in [1.29, 1.82) is 0 Å². The summed E-state index contributed by atoms with van der Waals surface area (Å²) in [6.07, 6.45) is 3.09. The van der Waals surface area contributed by atoms with Crippen LogP contribution in [0.1, 0.15) is 5.56 Å². The first-order valence-corrected chi connectivity index (χ1v) is 10.8. The van der Waals surface area contributed by atoms with Crippen LogP contribution < -0.4 is 15.0 Å². The SMILES string of the molecule is COCCN1C(=O)/C(=C/c2c(Oc3ccccc3OC)nc3ccccn3c2=O)SC1=S. The van der Waals surface area contributed by atoms with Crippen LogP contribution in [-0.4, -0.2) is 51.9 Å². The molecule has 1 aliphatic rings. The standard InChI is InChI=1S/C22H19N3O5S2/c1-28-12-11-25-21(27)17(32-22(25)31)13-14-19(30-16-8-4-3-7-15(16)29-2)23-18-9-5-6-10-24(18)20(14)26/h3-10,13H,11-12H2,1-2H3/b17-13-. The zero-order valence-corrected chi connectivity index (χ0v) is 18.9. The van der Waals surface area contributed by atoms with E-state index >= 15 is 0 Å². The fourth-order valence-electron chi connectivity index (χ4n) is 3.10. The first kappa shape index (κ1) is 22.0. The van der Waals surface area contributed by atoms with Crippen LogP contribution in [0.4, 0.5) is 0 Å². The molecular weight excluding hydrogens is 450 g/mol. The van der Waals surface area contributed by atoms with Gasteiger partial charge in [0.05, 0.1) is 25.2 Å². The van der Waals surface area contributed by atoms with Gasteiger partial charge in [-0.15, -0.1) is 0 Å². The minimum Gasteiger partial charge on any atom is -0.493 e. The second kappa shape index (κ2) is 9.51. The maximum absolute atomic E-state index is 13.3.